The zero-order chi connectivity index (χ0) is 9.11. The number of carbonyl (C=O) groups excluding carboxylic acids is 1. The molecule has 12 heavy (non-hydrogen) atoms. The highest BCUT2D eigenvalue weighted by atomic mass is 16.7. The molecule has 0 aromatic carbocycles. The SMILES string of the molecule is CCO.CCOC(=O)OCC.O. The van der Waals surface area contributed by atoms with Crippen LogP contribution < -0.4 is 0 Å². The van der Waals surface area contributed by atoms with Crippen LogP contribution in [0, 0.1) is 0 Å². The molecule has 3 N–H and O–H groups in total. The summed E-state index contributed by atoms with van der Waals surface area (Å²) in [5, 5.41) is 7.57. The lowest BCUT2D eigenvalue weighted by Gasteiger charge is -1.98. The van der Waals surface area contributed by atoms with Gasteiger partial charge < -0.3 is 20.1 Å². The summed E-state index contributed by atoms with van der Waals surface area (Å²) in [7, 11) is 0. The van der Waals surface area contributed by atoms with E-state index in [1.165, 1.54) is 0 Å². The van der Waals surface area contributed by atoms with Crippen molar-refractivity contribution >= 4 is 6.16 Å². The number of aliphatic hydroxyl groups excluding tert-OH is 1. The summed E-state index contributed by atoms with van der Waals surface area (Å²) >= 11 is 0. The Hall–Kier alpha value is -0.810. The predicted octanol–water partition coefficient (Wildman–Crippen LogP) is 0.353. The Morgan fingerprint density at radius 2 is 1.42 bits per heavy atom. The number of hydrogen-bond acceptors (Lipinski definition) is 4. The molecule has 0 aliphatic rings. The van der Waals surface area contributed by atoms with Crippen molar-refractivity contribution in [3.05, 3.63) is 0 Å². The molecule has 0 radical (unpaired) electrons. The van der Waals surface area contributed by atoms with Crippen molar-refractivity contribution in [1.29, 1.82) is 0 Å². The number of aliphatic hydroxyl groups is 1. The minimum atomic E-state index is -0.588. The van der Waals surface area contributed by atoms with Crippen LogP contribution >= 0.6 is 0 Å². The molecule has 0 aromatic heterocycles. The molecular formula is C7H18O5. The van der Waals surface area contributed by atoms with Gasteiger partial charge in [0.15, 0.2) is 0 Å². The van der Waals surface area contributed by atoms with Crippen molar-refractivity contribution in [2.75, 3.05) is 19.8 Å². The molecule has 0 fully saturated rings. The monoisotopic (exact) mass is 182 g/mol. The van der Waals surface area contributed by atoms with Crippen LogP contribution in [0.5, 0.6) is 0 Å². The highest BCUT2D eigenvalue weighted by Gasteiger charge is 1.96. The van der Waals surface area contributed by atoms with E-state index in [9.17, 15) is 4.79 Å². The highest BCUT2D eigenvalue weighted by Crippen LogP contribution is 1.81. The molecule has 0 aliphatic heterocycles. The number of ether oxygens (including phenoxy) is 2. The fraction of sp³-hybridized carbons (Fsp3) is 0.857. The quantitative estimate of drug-likeness (QED) is 0.624. The fourth-order valence-corrected chi connectivity index (χ4v) is 0.277. The second kappa shape index (κ2) is 16.6. The number of rotatable bonds is 2. The molecule has 0 heterocycles. The predicted molar refractivity (Wildman–Crippen MR) is 45.0 cm³/mol. The van der Waals surface area contributed by atoms with Crippen LogP contribution in [0.4, 0.5) is 4.79 Å². The molecule has 5 heteroatoms. The normalized spacial score (nSPS) is 7.00. The van der Waals surface area contributed by atoms with Crippen LogP contribution in [-0.4, -0.2) is 36.6 Å². The number of carbonyl (C=O) groups is 1. The topological polar surface area (TPSA) is 87.3 Å². The second-order valence-electron chi connectivity index (χ2n) is 1.43. The molecule has 0 rings (SSSR count). The van der Waals surface area contributed by atoms with E-state index in [4.69, 9.17) is 5.11 Å². The Morgan fingerprint density at radius 1 is 1.17 bits per heavy atom. The Labute approximate surface area is 72.6 Å². The van der Waals surface area contributed by atoms with Gasteiger partial charge in [-0.1, -0.05) is 0 Å². The third-order valence-corrected chi connectivity index (χ3v) is 0.524. The molecule has 0 atom stereocenters. The lowest BCUT2D eigenvalue weighted by molar-refractivity contribution is 0.0630. The Balaban J connectivity index is -0.000000177. The fourth-order valence-electron chi connectivity index (χ4n) is 0.277. The smallest absolute Gasteiger partial charge is 0.435 e. The van der Waals surface area contributed by atoms with E-state index < -0.39 is 6.16 Å². The van der Waals surface area contributed by atoms with Gasteiger partial charge in [0.05, 0.1) is 13.2 Å². The molecule has 5 nitrogen and oxygen atoms in total. The van der Waals surface area contributed by atoms with Gasteiger partial charge in [0, 0.05) is 6.61 Å². The molecule has 0 aromatic rings. The third kappa shape index (κ3) is 22.9. The van der Waals surface area contributed by atoms with Gasteiger partial charge in [0.2, 0.25) is 0 Å². The van der Waals surface area contributed by atoms with Crippen molar-refractivity contribution in [1.82, 2.24) is 0 Å². The maximum atomic E-state index is 10.2. The van der Waals surface area contributed by atoms with Gasteiger partial charge in [-0.3, -0.25) is 0 Å². The molecule has 0 aliphatic carbocycles. The summed E-state index contributed by atoms with van der Waals surface area (Å²) < 4.78 is 8.84. The average molecular weight is 182 g/mol. The molecule has 0 unspecified atom stereocenters. The first-order valence-corrected chi connectivity index (χ1v) is 3.63. The molecular weight excluding hydrogens is 164 g/mol. The molecule has 0 bridgehead atoms. The van der Waals surface area contributed by atoms with Crippen LogP contribution in [0.2, 0.25) is 0 Å². The standard InChI is InChI=1S/C5H10O3.C2H6O.H2O/c1-3-7-5(6)8-4-2;1-2-3;/h3-4H2,1-2H3;3H,2H2,1H3;1H2. The van der Waals surface area contributed by atoms with Crippen molar-refractivity contribution in [2.24, 2.45) is 0 Å². The first-order chi connectivity index (χ1) is 5.22. The minimum Gasteiger partial charge on any atom is -0.435 e. The van der Waals surface area contributed by atoms with Gasteiger partial charge in [-0.05, 0) is 20.8 Å². The first kappa shape index (κ1) is 17.3. The molecule has 0 saturated heterocycles. The Bertz CT molecular complexity index is 75.9. The summed E-state index contributed by atoms with van der Waals surface area (Å²) in [5.74, 6) is 0. The second-order valence-corrected chi connectivity index (χ2v) is 1.43. The minimum absolute atomic E-state index is 0. The van der Waals surface area contributed by atoms with Crippen LogP contribution in [-0.2, 0) is 9.47 Å². The summed E-state index contributed by atoms with van der Waals surface area (Å²) in [5.41, 5.74) is 0. The van der Waals surface area contributed by atoms with Gasteiger partial charge >= 0.3 is 6.16 Å². The van der Waals surface area contributed by atoms with Gasteiger partial charge in [-0.2, -0.15) is 0 Å². The van der Waals surface area contributed by atoms with Gasteiger partial charge in [-0.15, -0.1) is 0 Å². The van der Waals surface area contributed by atoms with E-state index in [1.807, 2.05) is 0 Å². The van der Waals surface area contributed by atoms with E-state index in [0.717, 1.165) is 0 Å². The van der Waals surface area contributed by atoms with Gasteiger partial charge in [0.1, 0.15) is 0 Å². The highest BCUT2D eigenvalue weighted by molar-refractivity contribution is 5.59. The van der Waals surface area contributed by atoms with Gasteiger partial charge in [0.25, 0.3) is 0 Å². The first-order valence-electron chi connectivity index (χ1n) is 3.63. The lowest BCUT2D eigenvalue weighted by Crippen LogP contribution is -2.05. The van der Waals surface area contributed by atoms with Crippen molar-refractivity contribution in [3.63, 3.8) is 0 Å². The summed E-state index contributed by atoms with van der Waals surface area (Å²) in [6.07, 6.45) is -0.588. The Morgan fingerprint density at radius 3 is 1.58 bits per heavy atom. The van der Waals surface area contributed by atoms with Crippen molar-refractivity contribution in [3.8, 4) is 0 Å². The maximum absolute atomic E-state index is 10.2. The van der Waals surface area contributed by atoms with Crippen molar-refractivity contribution in [2.45, 2.75) is 20.8 Å². The lowest BCUT2D eigenvalue weighted by atomic mass is 10.8. The van der Waals surface area contributed by atoms with Crippen molar-refractivity contribution < 1.29 is 24.9 Å². The zero-order valence-electron chi connectivity index (χ0n) is 7.79. The molecule has 76 valence electrons. The van der Waals surface area contributed by atoms with Crippen LogP contribution in [0.15, 0.2) is 0 Å². The van der Waals surface area contributed by atoms with Gasteiger partial charge in [-0.25, -0.2) is 4.79 Å². The van der Waals surface area contributed by atoms with Crippen LogP contribution in [0.3, 0.4) is 0 Å². The van der Waals surface area contributed by atoms with E-state index in [1.54, 1.807) is 20.8 Å². The van der Waals surface area contributed by atoms with Crippen LogP contribution in [0.25, 0.3) is 0 Å². The summed E-state index contributed by atoms with van der Waals surface area (Å²) in [4.78, 5) is 10.2. The van der Waals surface area contributed by atoms with E-state index in [0.29, 0.717) is 13.2 Å². The van der Waals surface area contributed by atoms with E-state index in [-0.39, 0.29) is 12.1 Å². The largest absolute Gasteiger partial charge is 0.508 e. The van der Waals surface area contributed by atoms with E-state index >= 15 is 0 Å². The average Bonchev–Trinajstić information content (AvgIpc) is 1.90. The molecule has 0 amide bonds. The molecule has 0 saturated carbocycles. The third-order valence-electron chi connectivity index (χ3n) is 0.524. The summed E-state index contributed by atoms with van der Waals surface area (Å²) in [6, 6.07) is 0. The van der Waals surface area contributed by atoms with Crippen LogP contribution in [0.1, 0.15) is 20.8 Å². The Kier molecular flexibility index (Phi) is 24.0. The zero-order valence-corrected chi connectivity index (χ0v) is 7.79. The molecule has 0 spiro atoms. The number of hydrogen-bond donors (Lipinski definition) is 1. The van der Waals surface area contributed by atoms with E-state index in [2.05, 4.69) is 9.47 Å². The maximum Gasteiger partial charge on any atom is 0.508 e. The summed E-state index contributed by atoms with van der Waals surface area (Å²) in [6.45, 7) is 6.14.